The highest BCUT2D eigenvalue weighted by Gasteiger charge is 2.37. The summed E-state index contributed by atoms with van der Waals surface area (Å²) in [5.74, 6) is -0.154. The van der Waals surface area contributed by atoms with Crippen molar-refractivity contribution in [2.24, 2.45) is 0 Å². The molecule has 2 aromatic rings. The predicted octanol–water partition coefficient (Wildman–Crippen LogP) is 3.71. The second-order valence-corrected chi connectivity index (χ2v) is 6.00. The van der Waals surface area contributed by atoms with Gasteiger partial charge in [-0.15, -0.1) is 0 Å². The van der Waals surface area contributed by atoms with E-state index < -0.39 is 0 Å². The summed E-state index contributed by atoms with van der Waals surface area (Å²) in [5.41, 5.74) is 4.10. The first-order chi connectivity index (χ1) is 12.1. The minimum atomic E-state index is -0.328. The summed E-state index contributed by atoms with van der Waals surface area (Å²) < 4.78 is 6.91. The van der Waals surface area contributed by atoms with Crippen LogP contribution in [-0.2, 0) is 20.9 Å². The molecule has 2 aromatic carbocycles. The quantitative estimate of drug-likeness (QED) is 0.662. The molecule has 124 valence electrons. The van der Waals surface area contributed by atoms with E-state index in [9.17, 15) is 9.59 Å². The van der Waals surface area contributed by atoms with Gasteiger partial charge in [-0.25, -0.2) is 4.42 Å². The fourth-order valence-corrected chi connectivity index (χ4v) is 3.25. The largest absolute Gasteiger partial charge is 0.487 e. The number of carbonyl (C=O) groups is 2. The molecule has 0 radical (unpaired) electrons. The molecule has 25 heavy (non-hydrogen) atoms. The molecule has 6 heteroatoms. The number of nitrogens with zero attached hydrogens (tertiary/aromatic N) is 1. The molecule has 0 bridgehead atoms. The maximum atomic E-state index is 12.6. The molecule has 0 aromatic heterocycles. The minimum absolute atomic E-state index is 0.303. The molecule has 0 fully saturated rings. The first kappa shape index (κ1) is 15.5. The average molecular weight is 353 g/mol. The van der Waals surface area contributed by atoms with Crippen molar-refractivity contribution >= 4 is 46.3 Å². The van der Waals surface area contributed by atoms with Crippen LogP contribution < -0.4 is 9.74 Å². The van der Waals surface area contributed by atoms with E-state index in [1.807, 2.05) is 24.3 Å². The number of halogens is 1. The van der Waals surface area contributed by atoms with Gasteiger partial charge >= 0.3 is 0 Å². The summed E-state index contributed by atoms with van der Waals surface area (Å²) in [7, 11) is 0. The first-order valence-electron chi connectivity index (χ1n) is 7.63. The third kappa shape index (κ3) is 2.40. The van der Waals surface area contributed by atoms with Gasteiger partial charge in [0.1, 0.15) is 12.4 Å². The smallest absolute Gasteiger partial charge is 0.277 e. The topological polar surface area (TPSA) is 58.6 Å². The van der Waals surface area contributed by atoms with Crippen molar-refractivity contribution in [2.45, 2.75) is 6.61 Å². The van der Waals surface area contributed by atoms with E-state index in [4.69, 9.17) is 16.5 Å². The van der Waals surface area contributed by atoms with Crippen LogP contribution >= 0.6 is 11.8 Å². The Morgan fingerprint density at radius 3 is 2.84 bits per heavy atom. The Hall–Kier alpha value is -3.05. The third-order valence-electron chi connectivity index (χ3n) is 4.18. The molecule has 0 unspecified atom stereocenters. The van der Waals surface area contributed by atoms with Gasteiger partial charge in [-0.05, 0) is 24.3 Å². The molecule has 5 nitrogen and oxygen atoms in total. The maximum absolute atomic E-state index is 12.6. The monoisotopic (exact) mass is 352 g/mol. The zero-order valence-corrected chi connectivity index (χ0v) is 13.8. The number of ether oxygens (including phenoxy) is 1. The summed E-state index contributed by atoms with van der Waals surface area (Å²) in [6.07, 6.45) is 1.20. The van der Waals surface area contributed by atoms with Gasteiger partial charge in [0.15, 0.2) is 0 Å². The number of benzene rings is 2. The summed E-state index contributed by atoms with van der Waals surface area (Å²) in [6.45, 7) is 3.80. The number of carbonyl (C=O) groups excluding carboxylic acids is 2. The molecule has 0 saturated carbocycles. The fraction of sp³-hybridized carbons (Fsp3) is 0.0526. The van der Waals surface area contributed by atoms with Crippen LogP contribution in [0.3, 0.4) is 0 Å². The molecule has 0 aliphatic carbocycles. The summed E-state index contributed by atoms with van der Waals surface area (Å²) in [4.78, 5) is 24.2. The fourth-order valence-electron chi connectivity index (χ4n) is 3.02. The second-order valence-electron chi connectivity index (χ2n) is 5.66. The summed E-state index contributed by atoms with van der Waals surface area (Å²) >= 11 is 6.14. The van der Waals surface area contributed by atoms with Crippen LogP contribution in [0.25, 0.3) is 11.3 Å². The first-order valence-corrected chi connectivity index (χ1v) is 7.97. The van der Waals surface area contributed by atoms with Crippen molar-refractivity contribution in [1.82, 2.24) is 0 Å². The van der Waals surface area contributed by atoms with Crippen LogP contribution in [0.4, 0.5) is 11.4 Å². The number of fused-ring (bicyclic) bond motifs is 2. The molecule has 4 rings (SSSR count). The summed E-state index contributed by atoms with van der Waals surface area (Å²) in [6, 6.07) is 12.7. The number of nitrogens with one attached hydrogen (secondary N) is 1. The molecule has 2 aliphatic rings. The SMILES string of the molecule is C=CC(=O)Nc1ccc2c(c1)C(=C1C(=O)N(Cl)c3ccccc31)OC2. The molecule has 0 atom stereocenters. The molecule has 2 amide bonds. The molecular weight excluding hydrogens is 340 g/mol. The number of hydrogen-bond acceptors (Lipinski definition) is 3. The van der Waals surface area contributed by atoms with E-state index >= 15 is 0 Å². The van der Waals surface area contributed by atoms with Crippen LogP contribution in [0.1, 0.15) is 16.7 Å². The van der Waals surface area contributed by atoms with Gasteiger partial charge in [-0.2, -0.15) is 0 Å². The van der Waals surface area contributed by atoms with Crippen LogP contribution in [-0.4, -0.2) is 11.8 Å². The lowest BCUT2D eigenvalue weighted by atomic mass is 10.00. The Morgan fingerprint density at radius 2 is 2.04 bits per heavy atom. The highest BCUT2D eigenvalue weighted by Crippen LogP contribution is 2.45. The van der Waals surface area contributed by atoms with Gasteiger partial charge in [-0.1, -0.05) is 30.8 Å². The van der Waals surface area contributed by atoms with E-state index in [0.29, 0.717) is 29.3 Å². The minimum Gasteiger partial charge on any atom is -0.487 e. The van der Waals surface area contributed by atoms with Crippen molar-refractivity contribution in [2.75, 3.05) is 9.74 Å². The van der Waals surface area contributed by atoms with Crippen LogP contribution in [0.15, 0.2) is 55.1 Å². The third-order valence-corrected chi connectivity index (χ3v) is 4.52. The Kier molecular flexibility index (Phi) is 3.58. The number of hydrogen-bond donors (Lipinski definition) is 1. The highest BCUT2D eigenvalue weighted by molar-refractivity contribution is 6.51. The van der Waals surface area contributed by atoms with Gasteiger partial charge in [-0.3, -0.25) is 9.59 Å². The Balaban J connectivity index is 1.86. The Labute approximate surface area is 149 Å². The van der Waals surface area contributed by atoms with Gasteiger partial charge in [0.2, 0.25) is 5.91 Å². The number of para-hydroxylation sites is 1. The van der Waals surface area contributed by atoms with Crippen molar-refractivity contribution in [3.8, 4) is 0 Å². The van der Waals surface area contributed by atoms with E-state index in [0.717, 1.165) is 21.1 Å². The molecule has 2 aliphatic heterocycles. The number of anilines is 2. The van der Waals surface area contributed by atoms with E-state index in [1.54, 1.807) is 18.2 Å². The molecule has 1 N–H and O–H groups in total. The maximum Gasteiger partial charge on any atom is 0.277 e. The van der Waals surface area contributed by atoms with Crippen molar-refractivity contribution in [3.63, 3.8) is 0 Å². The van der Waals surface area contributed by atoms with Crippen LogP contribution in [0, 0.1) is 0 Å². The van der Waals surface area contributed by atoms with Crippen molar-refractivity contribution in [3.05, 3.63) is 71.8 Å². The van der Waals surface area contributed by atoms with Crippen molar-refractivity contribution in [1.29, 1.82) is 0 Å². The Morgan fingerprint density at radius 1 is 1.24 bits per heavy atom. The lowest BCUT2D eigenvalue weighted by Crippen LogP contribution is -2.14. The highest BCUT2D eigenvalue weighted by atomic mass is 35.5. The number of rotatable bonds is 2. The van der Waals surface area contributed by atoms with Crippen LogP contribution in [0.2, 0.25) is 0 Å². The molecule has 0 saturated heterocycles. The predicted molar refractivity (Wildman–Crippen MR) is 96.7 cm³/mol. The lowest BCUT2D eigenvalue weighted by molar-refractivity contribution is -0.112. The lowest BCUT2D eigenvalue weighted by Gasteiger charge is -2.07. The zero-order chi connectivity index (χ0) is 17.6. The molecular formula is C19H13ClN2O3. The normalized spacial score (nSPS) is 17.8. The van der Waals surface area contributed by atoms with Gasteiger partial charge < -0.3 is 10.1 Å². The van der Waals surface area contributed by atoms with Crippen LogP contribution in [0.5, 0.6) is 0 Å². The van der Waals surface area contributed by atoms with Gasteiger partial charge in [0, 0.05) is 34.2 Å². The number of amides is 2. The van der Waals surface area contributed by atoms with E-state index in [1.165, 1.54) is 6.08 Å². The molecule has 2 heterocycles. The zero-order valence-electron chi connectivity index (χ0n) is 13.1. The Bertz CT molecular complexity index is 965. The average Bonchev–Trinajstić information content (AvgIpc) is 3.14. The van der Waals surface area contributed by atoms with Crippen molar-refractivity contribution < 1.29 is 14.3 Å². The van der Waals surface area contributed by atoms with Gasteiger partial charge in [0.25, 0.3) is 5.91 Å². The van der Waals surface area contributed by atoms with Gasteiger partial charge in [0.05, 0.1) is 11.3 Å². The van der Waals surface area contributed by atoms with E-state index in [2.05, 4.69) is 11.9 Å². The summed E-state index contributed by atoms with van der Waals surface area (Å²) in [5, 5.41) is 2.72. The second kappa shape index (κ2) is 5.79. The standard InChI is InChI=1S/C19H13ClN2O3/c1-2-16(23)21-12-8-7-11-10-25-18(14(11)9-12)17-13-5-3-4-6-15(13)22(20)19(17)24/h2-9H,1,10H2,(H,21,23). The molecule has 0 spiro atoms. The van der Waals surface area contributed by atoms with E-state index in [-0.39, 0.29) is 11.8 Å².